The molecule has 130 valence electrons. The fourth-order valence-corrected chi connectivity index (χ4v) is 3.42. The SMILES string of the molecule is O=C(O)[C@@H]1CCCC[C@H]1C(=O)Nc1ccc(Cc2ccncc2)cc1. The highest BCUT2D eigenvalue weighted by Gasteiger charge is 2.35. The van der Waals surface area contributed by atoms with E-state index in [4.69, 9.17) is 0 Å². The van der Waals surface area contributed by atoms with Crippen LogP contribution in [-0.4, -0.2) is 22.0 Å². The summed E-state index contributed by atoms with van der Waals surface area (Å²) in [7, 11) is 0. The molecule has 0 unspecified atom stereocenters. The zero-order valence-electron chi connectivity index (χ0n) is 14.0. The van der Waals surface area contributed by atoms with Crippen molar-refractivity contribution >= 4 is 17.6 Å². The molecule has 0 spiro atoms. The van der Waals surface area contributed by atoms with Gasteiger partial charge in [-0.25, -0.2) is 0 Å². The lowest BCUT2D eigenvalue weighted by atomic mass is 9.78. The molecule has 5 nitrogen and oxygen atoms in total. The minimum absolute atomic E-state index is 0.186. The monoisotopic (exact) mass is 338 g/mol. The van der Waals surface area contributed by atoms with Crippen LogP contribution in [0.1, 0.15) is 36.8 Å². The van der Waals surface area contributed by atoms with Gasteiger partial charge in [0.2, 0.25) is 5.91 Å². The van der Waals surface area contributed by atoms with Crippen LogP contribution in [0, 0.1) is 11.8 Å². The fraction of sp³-hybridized carbons (Fsp3) is 0.350. The zero-order valence-corrected chi connectivity index (χ0v) is 14.0. The topological polar surface area (TPSA) is 79.3 Å². The van der Waals surface area contributed by atoms with Crippen molar-refractivity contribution in [3.8, 4) is 0 Å². The van der Waals surface area contributed by atoms with Crippen molar-refractivity contribution in [1.82, 2.24) is 4.98 Å². The molecule has 0 radical (unpaired) electrons. The number of benzene rings is 1. The molecule has 1 amide bonds. The Balaban J connectivity index is 1.62. The summed E-state index contributed by atoms with van der Waals surface area (Å²) in [6, 6.07) is 11.6. The number of hydrogen-bond donors (Lipinski definition) is 2. The number of carbonyl (C=O) groups excluding carboxylic acids is 1. The van der Waals surface area contributed by atoms with Gasteiger partial charge >= 0.3 is 5.97 Å². The van der Waals surface area contributed by atoms with Crippen molar-refractivity contribution in [2.24, 2.45) is 11.8 Å². The van der Waals surface area contributed by atoms with Crippen molar-refractivity contribution in [1.29, 1.82) is 0 Å². The summed E-state index contributed by atoms with van der Waals surface area (Å²) in [5.74, 6) is -2.07. The van der Waals surface area contributed by atoms with E-state index in [1.54, 1.807) is 12.4 Å². The number of aromatic nitrogens is 1. The Morgan fingerprint density at radius 2 is 1.56 bits per heavy atom. The standard InChI is InChI=1S/C20H22N2O3/c23-19(17-3-1-2-4-18(17)20(24)25)22-16-7-5-14(6-8-16)13-15-9-11-21-12-10-15/h5-12,17-18H,1-4,13H2,(H,22,23)(H,24,25)/t17-,18-/m1/s1. The Bertz CT molecular complexity index is 728. The molecule has 25 heavy (non-hydrogen) atoms. The van der Waals surface area contributed by atoms with Gasteiger partial charge in [-0.2, -0.15) is 0 Å². The smallest absolute Gasteiger partial charge is 0.307 e. The zero-order chi connectivity index (χ0) is 17.6. The van der Waals surface area contributed by atoms with Crippen LogP contribution in [0.15, 0.2) is 48.8 Å². The normalized spacial score (nSPS) is 20.0. The van der Waals surface area contributed by atoms with Crippen molar-refractivity contribution in [2.75, 3.05) is 5.32 Å². The van der Waals surface area contributed by atoms with E-state index in [-0.39, 0.29) is 5.91 Å². The average Bonchev–Trinajstić information content (AvgIpc) is 2.64. The number of amides is 1. The van der Waals surface area contributed by atoms with Gasteiger partial charge < -0.3 is 10.4 Å². The molecule has 5 heteroatoms. The summed E-state index contributed by atoms with van der Waals surface area (Å²) < 4.78 is 0. The van der Waals surface area contributed by atoms with E-state index in [0.717, 1.165) is 24.8 Å². The second-order valence-electron chi connectivity index (χ2n) is 6.55. The van der Waals surface area contributed by atoms with Crippen LogP contribution in [-0.2, 0) is 16.0 Å². The van der Waals surface area contributed by atoms with E-state index in [2.05, 4.69) is 10.3 Å². The molecular weight excluding hydrogens is 316 g/mol. The molecule has 0 saturated heterocycles. The molecule has 2 atom stereocenters. The van der Waals surface area contributed by atoms with Gasteiger partial charge in [-0.3, -0.25) is 14.6 Å². The van der Waals surface area contributed by atoms with Crippen LogP contribution in [0.5, 0.6) is 0 Å². The van der Waals surface area contributed by atoms with Gasteiger partial charge in [-0.05, 0) is 54.7 Å². The number of rotatable bonds is 5. The molecule has 2 aromatic rings. The van der Waals surface area contributed by atoms with Crippen molar-refractivity contribution < 1.29 is 14.7 Å². The molecule has 1 heterocycles. The summed E-state index contributed by atoms with van der Waals surface area (Å²) in [5, 5.41) is 12.2. The fourth-order valence-electron chi connectivity index (χ4n) is 3.42. The van der Waals surface area contributed by atoms with Gasteiger partial charge in [0.25, 0.3) is 0 Å². The van der Waals surface area contributed by atoms with Crippen LogP contribution >= 0.6 is 0 Å². The Kier molecular flexibility index (Phi) is 5.43. The number of anilines is 1. The molecular formula is C20H22N2O3. The van der Waals surface area contributed by atoms with E-state index in [0.29, 0.717) is 18.5 Å². The number of carbonyl (C=O) groups is 2. The lowest BCUT2D eigenvalue weighted by molar-refractivity contribution is -0.147. The number of carboxylic acids is 1. The predicted molar refractivity (Wildman–Crippen MR) is 95.2 cm³/mol. The summed E-state index contributed by atoms with van der Waals surface area (Å²) in [6.45, 7) is 0. The van der Waals surface area contributed by atoms with E-state index in [1.165, 1.54) is 5.56 Å². The molecule has 1 aromatic heterocycles. The lowest BCUT2D eigenvalue weighted by Crippen LogP contribution is -2.36. The molecule has 1 saturated carbocycles. The maximum atomic E-state index is 12.5. The first-order chi connectivity index (χ1) is 12.1. The number of pyridine rings is 1. The van der Waals surface area contributed by atoms with E-state index < -0.39 is 17.8 Å². The van der Waals surface area contributed by atoms with Crippen molar-refractivity contribution in [3.63, 3.8) is 0 Å². The van der Waals surface area contributed by atoms with Gasteiger partial charge in [0.05, 0.1) is 11.8 Å². The molecule has 1 fully saturated rings. The van der Waals surface area contributed by atoms with Gasteiger partial charge in [-0.15, -0.1) is 0 Å². The van der Waals surface area contributed by atoms with Gasteiger partial charge in [0.1, 0.15) is 0 Å². The summed E-state index contributed by atoms with van der Waals surface area (Å²) in [6.07, 6.45) is 7.36. The number of nitrogens with one attached hydrogen (secondary N) is 1. The van der Waals surface area contributed by atoms with Crippen LogP contribution < -0.4 is 5.32 Å². The highest BCUT2D eigenvalue weighted by atomic mass is 16.4. The van der Waals surface area contributed by atoms with Gasteiger partial charge in [0, 0.05) is 18.1 Å². The molecule has 3 rings (SSSR count). The highest BCUT2D eigenvalue weighted by Crippen LogP contribution is 2.31. The number of aliphatic carboxylic acids is 1. The second-order valence-corrected chi connectivity index (χ2v) is 6.55. The van der Waals surface area contributed by atoms with Crippen LogP contribution in [0.3, 0.4) is 0 Å². The van der Waals surface area contributed by atoms with E-state index in [1.807, 2.05) is 36.4 Å². The molecule has 1 aliphatic rings. The van der Waals surface area contributed by atoms with E-state index >= 15 is 0 Å². The largest absolute Gasteiger partial charge is 0.481 e. The minimum atomic E-state index is -0.868. The first-order valence-corrected chi connectivity index (χ1v) is 8.65. The van der Waals surface area contributed by atoms with Crippen molar-refractivity contribution in [3.05, 3.63) is 59.9 Å². The maximum absolute atomic E-state index is 12.5. The third kappa shape index (κ3) is 4.44. The number of carboxylic acid groups (broad SMARTS) is 1. The van der Waals surface area contributed by atoms with Crippen LogP contribution in [0.4, 0.5) is 5.69 Å². The third-order valence-electron chi connectivity index (χ3n) is 4.80. The second kappa shape index (κ2) is 7.92. The highest BCUT2D eigenvalue weighted by molar-refractivity contribution is 5.95. The van der Waals surface area contributed by atoms with Crippen molar-refractivity contribution in [2.45, 2.75) is 32.1 Å². The maximum Gasteiger partial charge on any atom is 0.307 e. The quantitative estimate of drug-likeness (QED) is 0.874. The molecule has 2 N–H and O–H groups in total. The lowest BCUT2D eigenvalue weighted by Gasteiger charge is -2.27. The Hall–Kier alpha value is -2.69. The van der Waals surface area contributed by atoms with Gasteiger partial charge in [-0.1, -0.05) is 25.0 Å². The summed E-state index contributed by atoms with van der Waals surface area (Å²) >= 11 is 0. The molecule has 1 aromatic carbocycles. The molecule has 0 aliphatic heterocycles. The predicted octanol–water partition coefficient (Wildman–Crippen LogP) is 3.50. The number of nitrogens with zero attached hydrogens (tertiary/aromatic N) is 1. The minimum Gasteiger partial charge on any atom is -0.481 e. The third-order valence-corrected chi connectivity index (χ3v) is 4.80. The average molecular weight is 338 g/mol. The summed E-state index contributed by atoms with van der Waals surface area (Å²) in [4.78, 5) is 27.8. The Labute approximate surface area is 147 Å². The first-order valence-electron chi connectivity index (χ1n) is 8.65. The number of hydrogen-bond acceptors (Lipinski definition) is 3. The summed E-state index contributed by atoms with van der Waals surface area (Å²) in [5.41, 5.74) is 3.03. The first kappa shape index (κ1) is 17.1. The molecule has 1 aliphatic carbocycles. The Morgan fingerprint density at radius 3 is 2.20 bits per heavy atom. The molecule has 0 bridgehead atoms. The van der Waals surface area contributed by atoms with Crippen LogP contribution in [0.25, 0.3) is 0 Å². The Morgan fingerprint density at radius 1 is 0.960 bits per heavy atom. The van der Waals surface area contributed by atoms with E-state index in [9.17, 15) is 14.7 Å². The van der Waals surface area contributed by atoms with Gasteiger partial charge in [0.15, 0.2) is 0 Å². The van der Waals surface area contributed by atoms with Crippen LogP contribution in [0.2, 0.25) is 0 Å².